The number of hydrogen-bond acceptors (Lipinski definition) is 4. The third-order valence-corrected chi connectivity index (χ3v) is 3.03. The summed E-state index contributed by atoms with van der Waals surface area (Å²) in [7, 11) is 0. The maximum atomic E-state index is 5.48. The largest absolute Gasteiger partial charge is 0.384 e. The van der Waals surface area contributed by atoms with Gasteiger partial charge in [-0.25, -0.2) is 4.98 Å². The number of hydrogen-bond donors (Lipinski definition) is 2. The van der Waals surface area contributed by atoms with Crippen LogP contribution in [-0.4, -0.2) is 22.6 Å². The van der Waals surface area contributed by atoms with E-state index in [1.165, 1.54) is 25.8 Å². The Morgan fingerprint density at radius 3 is 2.78 bits per heavy atom. The summed E-state index contributed by atoms with van der Waals surface area (Å²) in [6.45, 7) is 3.49. The minimum Gasteiger partial charge on any atom is -0.384 e. The number of nitrogens with one attached hydrogen (secondary N) is 1. The SMILES string of the molecule is CC1CCCCN1.Nc1ccc2ncccc2n1. The highest BCUT2D eigenvalue weighted by molar-refractivity contribution is 5.75. The third kappa shape index (κ3) is 3.67. The molecule has 1 aliphatic heterocycles. The van der Waals surface area contributed by atoms with Crippen molar-refractivity contribution < 1.29 is 0 Å². The number of aromatic nitrogens is 2. The normalized spacial score (nSPS) is 19.1. The Kier molecular flexibility index (Phi) is 4.47. The van der Waals surface area contributed by atoms with E-state index in [4.69, 9.17) is 5.73 Å². The molecule has 18 heavy (non-hydrogen) atoms. The second kappa shape index (κ2) is 6.31. The first-order valence-electron chi connectivity index (χ1n) is 6.46. The third-order valence-electron chi connectivity index (χ3n) is 3.03. The zero-order chi connectivity index (χ0) is 12.8. The summed E-state index contributed by atoms with van der Waals surface area (Å²) < 4.78 is 0. The van der Waals surface area contributed by atoms with E-state index in [1.54, 1.807) is 12.3 Å². The predicted octanol–water partition coefficient (Wildman–Crippen LogP) is 2.36. The summed E-state index contributed by atoms with van der Waals surface area (Å²) in [6.07, 6.45) is 5.92. The van der Waals surface area contributed by atoms with Gasteiger partial charge in [0, 0.05) is 12.2 Å². The van der Waals surface area contributed by atoms with E-state index in [2.05, 4.69) is 22.2 Å². The van der Waals surface area contributed by atoms with Crippen LogP contribution in [0.1, 0.15) is 26.2 Å². The smallest absolute Gasteiger partial charge is 0.124 e. The summed E-state index contributed by atoms with van der Waals surface area (Å²) in [5, 5.41) is 3.38. The lowest BCUT2D eigenvalue weighted by Crippen LogP contribution is -2.30. The fourth-order valence-corrected chi connectivity index (χ4v) is 2.00. The number of nitrogen functional groups attached to an aromatic ring is 1. The number of piperidine rings is 1. The molecule has 0 bridgehead atoms. The van der Waals surface area contributed by atoms with Crippen molar-refractivity contribution in [3.63, 3.8) is 0 Å². The van der Waals surface area contributed by atoms with Gasteiger partial charge >= 0.3 is 0 Å². The molecule has 0 amide bonds. The van der Waals surface area contributed by atoms with Gasteiger partial charge in [0.05, 0.1) is 11.0 Å². The van der Waals surface area contributed by atoms with E-state index >= 15 is 0 Å². The van der Waals surface area contributed by atoms with E-state index in [-0.39, 0.29) is 0 Å². The van der Waals surface area contributed by atoms with Crippen LogP contribution in [0.25, 0.3) is 11.0 Å². The Hall–Kier alpha value is -1.68. The van der Waals surface area contributed by atoms with Crippen LogP contribution in [0.2, 0.25) is 0 Å². The molecule has 1 saturated heterocycles. The predicted molar refractivity (Wildman–Crippen MR) is 75.3 cm³/mol. The minimum atomic E-state index is 0.533. The highest BCUT2D eigenvalue weighted by atomic mass is 14.9. The summed E-state index contributed by atoms with van der Waals surface area (Å²) >= 11 is 0. The molecule has 0 spiro atoms. The topological polar surface area (TPSA) is 63.8 Å². The number of rotatable bonds is 0. The van der Waals surface area contributed by atoms with E-state index < -0.39 is 0 Å². The number of anilines is 1. The van der Waals surface area contributed by atoms with Gasteiger partial charge in [0.25, 0.3) is 0 Å². The monoisotopic (exact) mass is 244 g/mol. The fourth-order valence-electron chi connectivity index (χ4n) is 2.00. The molecule has 1 fully saturated rings. The molecule has 0 saturated carbocycles. The molecule has 4 heteroatoms. The molecule has 3 heterocycles. The molecule has 3 rings (SSSR count). The van der Waals surface area contributed by atoms with Crippen LogP contribution in [0.4, 0.5) is 5.82 Å². The fraction of sp³-hybridized carbons (Fsp3) is 0.429. The molecule has 2 aromatic heterocycles. The number of fused-ring (bicyclic) bond motifs is 1. The Balaban J connectivity index is 0.000000149. The zero-order valence-electron chi connectivity index (χ0n) is 10.8. The Morgan fingerprint density at radius 2 is 2.11 bits per heavy atom. The number of pyridine rings is 2. The molecule has 1 aliphatic rings. The summed E-state index contributed by atoms with van der Waals surface area (Å²) in [5.41, 5.74) is 7.20. The van der Waals surface area contributed by atoms with Crippen LogP contribution in [0.15, 0.2) is 30.5 Å². The molecule has 0 radical (unpaired) electrons. The van der Waals surface area contributed by atoms with Crippen molar-refractivity contribution in [1.82, 2.24) is 15.3 Å². The van der Waals surface area contributed by atoms with Gasteiger partial charge in [-0.2, -0.15) is 0 Å². The van der Waals surface area contributed by atoms with Crippen LogP contribution in [0, 0.1) is 0 Å². The van der Waals surface area contributed by atoms with Crippen molar-refractivity contribution >= 4 is 16.9 Å². The molecule has 0 aliphatic carbocycles. The number of nitrogens with zero attached hydrogens (tertiary/aromatic N) is 2. The minimum absolute atomic E-state index is 0.533. The molecule has 1 atom stereocenters. The standard InChI is InChI=1S/C8H7N3.C6H13N/c9-8-4-3-6-7(11-8)2-1-5-10-6;1-6-4-2-3-5-7-6/h1-5H,(H2,9,11);6-7H,2-5H2,1H3. The van der Waals surface area contributed by atoms with Crippen molar-refractivity contribution in [2.24, 2.45) is 0 Å². The Labute approximate surface area is 108 Å². The van der Waals surface area contributed by atoms with Crippen LogP contribution in [0.3, 0.4) is 0 Å². The molecule has 4 nitrogen and oxygen atoms in total. The highest BCUT2D eigenvalue weighted by Gasteiger charge is 2.04. The van der Waals surface area contributed by atoms with Crippen LogP contribution in [0.5, 0.6) is 0 Å². The second-order valence-electron chi connectivity index (χ2n) is 4.63. The zero-order valence-corrected chi connectivity index (χ0v) is 10.8. The van der Waals surface area contributed by atoms with E-state index in [0.29, 0.717) is 5.82 Å². The van der Waals surface area contributed by atoms with E-state index in [0.717, 1.165) is 17.1 Å². The van der Waals surface area contributed by atoms with Gasteiger partial charge in [-0.1, -0.05) is 6.42 Å². The van der Waals surface area contributed by atoms with Gasteiger partial charge in [0.2, 0.25) is 0 Å². The lowest BCUT2D eigenvalue weighted by molar-refractivity contribution is 0.425. The lowest BCUT2D eigenvalue weighted by atomic mass is 10.1. The Bertz CT molecular complexity index is 492. The van der Waals surface area contributed by atoms with Gasteiger partial charge in [0.15, 0.2) is 0 Å². The van der Waals surface area contributed by atoms with Crippen molar-refractivity contribution in [3.8, 4) is 0 Å². The van der Waals surface area contributed by atoms with Gasteiger partial charge in [0.1, 0.15) is 5.82 Å². The van der Waals surface area contributed by atoms with Crippen LogP contribution in [-0.2, 0) is 0 Å². The van der Waals surface area contributed by atoms with Crippen molar-refractivity contribution in [2.45, 2.75) is 32.2 Å². The summed E-state index contributed by atoms with van der Waals surface area (Å²) in [5.74, 6) is 0.533. The van der Waals surface area contributed by atoms with E-state index in [9.17, 15) is 0 Å². The Morgan fingerprint density at radius 1 is 1.22 bits per heavy atom. The molecule has 0 aromatic carbocycles. The first-order valence-corrected chi connectivity index (χ1v) is 6.46. The molecule has 96 valence electrons. The van der Waals surface area contributed by atoms with Gasteiger partial charge in [-0.3, -0.25) is 4.98 Å². The average Bonchev–Trinajstić information content (AvgIpc) is 2.40. The average molecular weight is 244 g/mol. The first-order chi connectivity index (χ1) is 8.75. The molecule has 3 N–H and O–H groups in total. The molecular weight excluding hydrogens is 224 g/mol. The summed E-state index contributed by atoms with van der Waals surface area (Å²) in [6, 6.07) is 8.12. The van der Waals surface area contributed by atoms with Gasteiger partial charge in [-0.05, 0) is 50.6 Å². The molecule has 1 unspecified atom stereocenters. The quantitative estimate of drug-likeness (QED) is 0.746. The van der Waals surface area contributed by atoms with Gasteiger partial charge < -0.3 is 11.1 Å². The van der Waals surface area contributed by atoms with Crippen LogP contribution < -0.4 is 11.1 Å². The van der Waals surface area contributed by atoms with E-state index in [1.807, 2.05) is 18.2 Å². The second-order valence-corrected chi connectivity index (χ2v) is 4.63. The maximum absolute atomic E-state index is 5.48. The highest BCUT2D eigenvalue weighted by Crippen LogP contribution is 2.09. The molecular formula is C14H20N4. The summed E-state index contributed by atoms with van der Waals surface area (Å²) in [4.78, 5) is 8.20. The first kappa shape index (κ1) is 12.8. The maximum Gasteiger partial charge on any atom is 0.124 e. The van der Waals surface area contributed by atoms with Crippen LogP contribution >= 0.6 is 0 Å². The van der Waals surface area contributed by atoms with Crippen molar-refractivity contribution in [3.05, 3.63) is 30.5 Å². The number of nitrogens with two attached hydrogens (primary N) is 1. The molecule has 2 aromatic rings. The van der Waals surface area contributed by atoms with Crippen molar-refractivity contribution in [2.75, 3.05) is 12.3 Å². The van der Waals surface area contributed by atoms with Gasteiger partial charge in [-0.15, -0.1) is 0 Å². The lowest BCUT2D eigenvalue weighted by Gasteiger charge is -2.18. The van der Waals surface area contributed by atoms with Crippen molar-refractivity contribution in [1.29, 1.82) is 0 Å².